The molecule has 0 radical (unpaired) electrons. The molecule has 1 N–H and O–H groups in total. The highest BCUT2D eigenvalue weighted by Gasteiger charge is 2.37. The highest BCUT2D eigenvalue weighted by atomic mass is 19.1. The number of hydrogen-bond acceptors (Lipinski definition) is 5. The second kappa shape index (κ2) is 8.08. The van der Waals surface area contributed by atoms with E-state index in [1.165, 1.54) is 12.1 Å². The number of halogens is 1. The molecule has 33 heavy (non-hydrogen) atoms. The summed E-state index contributed by atoms with van der Waals surface area (Å²) >= 11 is 0. The summed E-state index contributed by atoms with van der Waals surface area (Å²) in [6.07, 6.45) is 2.84. The summed E-state index contributed by atoms with van der Waals surface area (Å²) in [6, 6.07) is 4.17. The molecule has 3 aliphatic rings. The zero-order chi connectivity index (χ0) is 23.4. The zero-order valence-electron chi connectivity index (χ0n) is 19.6. The van der Waals surface area contributed by atoms with Crippen molar-refractivity contribution in [2.24, 2.45) is 17.8 Å². The van der Waals surface area contributed by atoms with Gasteiger partial charge in [0.25, 0.3) is 5.91 Å². The van der Waals surface area contributed by atoms with E-state index < -0.39 is 0 Å². The molecular formula is C25H30FN5O2. The second-order valence-electron chi connectivity index (χ2n) is 10.1. The molecule has 1 aromatic heterocycles. The first kappa shape index (κ1) is 21.8. The number of aryl methyl sites for hydroxylation is 1. The summed E-state index contributed by atoms with van der Waals surface area (Å²) in [7, 11) is 1.93. The van der Waals surface area contributed by atoms with Crippen LogP contribution < -0.4 is 10.2 Å². The maximum Gasteiger partial charge on any atom is 0.254 e. The monoisotopic (exact) mass is 451 g/mol. The number of carbonyl (C=O) groups excluding carboxylic acids is 2. The predicted octanol–water partition coefficient (Wildman–Crippen LogP) is 3.56. The number of carbonyl (C=O) groups is 2. The van der Waals surface area contributed by atoms with Crippen LogP contribution in [0.2, 0.25) is 0 Å². The molecule has 0 spiro atoms. The fourth-order valence-corrected chi connectivity index (χ4v) is 5.62. The Morgan fingerprint density at radius 2 is 1.94 bits per heavy atom. The SMILES string of the molecule is Cc1nc(CC2CC(CN3Cc4cc(F)ccc4C3=O)C2)nc2c1NC(=O)[C@H](C(C)C)N2C. The first-order chi connectivity index (χ1) is 15.7. The summed E-state index contributed by atoms with van der Waals surface area (Å²) < 4.78 is 13.5. The second-order valence-corrected chi connectivity index (χ2v) is 10.1. The third kappa shape index (κ3) is 3.85. The molecule has 1 saturated carbocycles. The van der Waals surface area contributed by atoms with E-state index in [9.17, 15) is 14.0 Å². The predicted molar refractivity (Wildman–Crippen MR) is 123 cm³/mol. The van der Waals surface area contributed by atoms with Crippen LogP contribution in [0, 0.1) is 30.5 Å². The van der Waals surface area contributed by atoms with Gasteiger partial charge >= 0.3 is 0 Å². The quantitative estimate of drug-likeness (QED) is 0.752. The van der Waals surface area contributed by atoms with E-state index in [4.69, 9.17) is 4.98 Å². The number of anilines is 2. The number of nitrogens with zero attached hydrogens (tertiary/aromatic N) is 4. The van der Waals surface area contributed by atoms with Gasteiger partial charge in [0.05, 0.1) is 5.69 Å². The van der Waals surface area contributed by atoms with Gasteiger partial charge in [0.2, 0.25) is 5.91 Å². The zero-order valence-corrected chi connectivity index (χ0v) is 19.6. The van der Waals surface area contributed by atoms with Crippen LogP contribution in [0.5, 0.6) is 0 Å². The molecule has 174 valence electrons. The number of likely N-dealkylation sites (N-methyl/N-ethyl adjacent to an activating group) is 1. The standard InChI is InChI=1S/C25H30FN5O2/c1-13(2)22-24(32)29-21-14(3)27-20(28-23(21)30(22)4)9-15-7-16(8-15)11-31-12-17-10-18(26)5-6-19(17)25(31)33/h5-6,10,13,15-16,22H,7-9,11-12H2,1-4H3,(H,29,32)/t15?,16?,22-/m0/s1. The van der Waals surface area contributed by atoms with Crippen molar-refractivity contribution in [2.45, 2.75) is 52.6 Å². The highest BCUT2D eigenvalue weighted by Crippen LogP contribution is 2.39. The average molecular weight is 452 g/mol. The Kier molecular flexibility index (Phi) is 5.34. The summed E-state index contributed by atoms with van der Waals surface area (Å²) in [5.41, 5.74) is 2.91. The minimum Gasteiger partial charge on any atom is -0.346 e. The molecule has 3 heterocycles. The number of aromatic nitrogens is 2. The van der Waals surface area contributed by atoms with Crippen molar-refractivity contribution in [1.82, 2.24) is 14.9 Å². The van der Waals surface area contributed by atoms with Crippen LogP contribution in [0.4, 0.5) is 15.9 Å². The van der Waals surface area contributed by atoms with E-state index in [2.05, 4.69) is 10.3 Å². The van der Waals surface area contributed by atoms with E-state index in [1.54, 1.807) is 6.07 Å². The lowest BCUT2D eigenvalue weighted by atomic mass is 9.73. The Labute approximate surface area is 193 Å². The van der Waals surface area contributed by atoms with Crippen LogP contribution in [0.15, 0.2) is 18.2 Å². The number of rotatable bonds is 5. The van der Waals surface area contributed by atoms with Crippen molar-refractivity contribution in [3.63, 3.8) is 0 Å². The van der Waals surface area contributed by atoms with Gasteiger partial charge in [-0.25, -0.2) is 14.4 Å². The van der Waals surface area contributed by atoms with Crippen LogP contribution in [-0.2, 0) is 17.8 Å². The number of benzene rings is 1. The van der Waals surface area contributed by atoms with Crippen molar-refractivity contribution in [3.05, 3.63) is 46.7 Å². The van der Waals surface area contributed by atoms with Gasteiger partial charge in [-0.3, -0.25) is 9.59 Å². The number of fused-ring (bicyclic) bond motifs is 2. The molecule has 5 rings (SSSR count). The highest BCUT2D eigenvalue weighted by molar-refractivity contribution is 6.03. The largest absolute Gasteiger partial charge is 0.346 e. The van der Waals surface area contributed by atoms with Gasteiger partial charge in [-0.1, -0.05) is 13.8 Å². The van der Waals surface area contributed by atoms with Crippen LogP contribution in [-0.4, -0.2) is 46.3 Å². The summed E-state index contributed by atoms with van der Waals surface area (Å²) in [5, 5.41) is 2.99. The first-order valence-electron chi connectivity index (χ1n) is 11.7. The van der Waals surface area contributed by atoms with Crippen LogP contribution in [0.3, 0.4) is 0 Å². The van der Waals surface area contributed by atoms with Gasteiger partial charge in [-0.05, 0) is 61.3 Å². The molecule has 0 bridgehead atoms. The van der Waals surface area contributed by atoms with E-state index in [-0.39, 0.29) is 29.6 Å². The summed E-state index contributed by atoms with van der Waals surface area (Å²) in [5.74, 6) is 2.40. The smallest absolute Gasteiger partial charge is 0.254 e. The van der Waals surface area contributed by atoms with E-state index >= 15 is 0 Å². The van der Waals surface area contributed by atoms with Crippen molar-refractivity contribution < 1.29 is 14.0 Å². The van der Waals surface area contributed by atoms with Gasteiger partial charge < -0.3 is 15.1 Å². The number of hydrogen-bond donors (Lipinski definition) is 1. The molecule has 1 aromatic carbocycles. The lowest BCUT2D eigenvalue weighted by Gasteiger charge is -2.38. The van der Waals surface area contributed by atoms with Crippen molar-refractivity contribution in [3.8, 4) is 0 Å². The molecular weight excluding hydrogens is 421 g/mol. The van der Waals surface area contributed by atoms with Crippen molar-refractivity contribution in [1.29, 1.82) is 0 Å². The summed E-state index contributed by atoms with van der Waals surface area (Å²) in [4.78, 5) is 38.4. The first-order valence-corrected chi connectivity index (χ1v) is 11.7. The number of amides is 2. The molecule has 1 fully saturated rings. The van der Waals surface area contributed by atoms with E-state index in [1.807, 2.05) is 37.6 Å². The van der Waals surface area contributed by atoms with Crippen molar-refractivity contribution >= 4 is 23.3 Å². The molecule has 7 nitrogen and oxygen atoms in total. The van der Waals surface area contributed by atoms with Gasteiger partial charge in [-0.15, -0.1) is 0 Å². The molecule has 1 aliphatic carbocycles. The van der Waals surface area contributed by atoms with Gasteiger partial charge in [0.15, 0.2) is 5.82 Å². The van der Waals surface area contributed by atoms with Crippen LogP contribution in [0.1, 0.15) is 54.1 Å². The molecule has 0 saturated heterocycles. The fraction of sp³-hybridized carbons (Fsp3) is 0.520. The van der Waals surface area contributed by atoms with Gasteiger partial charge in [0, 0.05) is 32.1 Å². The molecule has 2 aromatic rings. The van der Waals surface area contributed by atoms with Crippen LogP contribution in [0.25, 0.3) is 0 Å². The number of nitrogens with one attached hydrogen (secondary N) is 1. The third-order valence-corrected chi connectivity index (χ3v) is 7.25. The minimum absolute atomic E-state index is 0.00638. The molecule has 2 amide bonds. The maximum absolute atomic E-state index is 13.5. The Morgan fingerprint density at radius 3 is 2.67 bits per heavy atom. The Balaban J connectivity index is 1.21. The molecule has 8 heteroatoms. The van der Waals surface area contributed by atoms with E-state index in [0.717, 1.165) is 42.2 Å². The average Bonchev–Trinajstić information content (AvgIpc) is 3.01. The molecule has 1 atom stereocenters. The van der Waals surface area contributed by atoms with Gasteiger partial charge in [-0.2, -0.15) is 0 Å². The lowest BCUT2D eigenvalue weighted by molar-refractivity contribution is -0.118. The topological polar surface area (TPSA) is 78.4 Å². The third-order valence-electron chi connectivity index (χ3n) is 7.25. The molecule has 0 unspecified atom stereocenters. The molecule has 2 aliphatic heterocycles. The van der Waals surface area contributed by atoms with Crippen LogP contribution >= 0.6 is 0 Å². The Hall–Kier alpha value is -3.03. The van der Waals surface area contributed by atoms with E-state index in [0.29, 0.717) is 36.2 Å². The summed E-state index contributed by atoms with van der Waals surface area (Å²) in [6.45, 7) is 7.19. The Morgan fingerprint density at radius 1 is 1.18 bits per heavy atom. The Bertz CT molecular complexity index is 1130. The lowest BCUT2D eigenvalue weighted by Crippen LogP contribution is -2.49. The normalized spacial score (nSPS) is 24.0. The fourth-order valence-electron chi connectivity index (χ4n) is 5.62. The van der Waals surface area contributed by atoms with Gasteiger partial charge in [0.1, 0.15) is 23.4 Å². The minimum atomic E-state index is -0.294. The van der Waals surface area contributed by atoms with Crippen molar-refractivity contribution in [2.75, 3.05) is 23.8 Å². The maximum atomic E-state index is 13.5.